The highest BCUT2D eigenvalue weighted by atomic mass is 35.5. The number of methoxy groups -OCH3 is 1. The lowest BCUT2D eigenvalue weighted by Crippen LogP contribution is -2.51. The Morgan fingerprint density at radius 1 is 1.19 bits per heavy atom. The molecular weight excluding hydrogens is 386 g/mol. The molecule has 27 heavy (non-hydrogen) atoms. The zero-order valence-electron chi connectivity index (χ0n) is 15.6. The summed E-state index contributed by atoms with van der Waals surface area (Å²) in [5.74, 6) is 0.0972. The lowest BCUT2D eigenvalue weighted by Gasteiger charge is -2.35. The molecule has 2 heterocycles. The Bertz CT molecular complexity index is 799. The van der Waals surface area contributed by atoms with Crippen LogP contribution in [0.25, 0.3) is 10.1 Å². The van der Waals surface area contributed by atoms with Crippen LogP contribution in [0.15, 0.2) is 24.3 Å². The van der Waals surface area contributed by atoms with E-state index in [0.717, 1.165) is 20.5 Å². The molecule has 1 aromatic carbocycles. The van der Waals surface area contributed by atoms with E-state index in [1.165, 1.54) is 0 Å². The number of ether oxygens (including phenoxy) is 1. The average molecular weight is 412 g/mol. The van der Waals surface area contributed by atoms with Gasteiger partial charge in [-0.1, -0.05) is 18.2 Å². The average Bonchev–Trinajstić information content (AvgIpc) is 3.02. The van der Waals surface area contributed by atoms with Crippen LogP contribution in [0, 0.1) is 6.92 Å². The lowest BCUT2D eigenvalue weighted by molar-refractivity contribution is -0.135. The molecule has 8 heteroatoms. The third-order valence-corrected chi connectivity index (χ3v) is 6.22. The third kappa shape index (κ3) is 4.60. The molecule has 2 N–H and O–H groups in total. The number of rotatable bonds is 5. The third-order valence-electron chi connectivity index (χ3n) is 4.96. The van der Waals surface area contributed by atoms with Gasteiger partial charge in [0.2, 0.25) is 5.91 Å². The zero-order chi connectivity index (χ0) is 18.7. The number of nitrogens with zero attached hydrogens (tertiary/aromatic N) is 2. The van der Waals surface area contributed by atoms with E-state index in [9.17, 15) is 9.59 Å². The largest absolute Gasteiger partial charge is 0.380 e. The first kappa shape index (κ1) is 21.6. The topological polar surface area (TPSA) is 75.9 Å². The molecule has 0 aliphatic carbocycles. The van der Waals surface area contributed by atoms with Crippen molar-refractivity contribution in [1.29, 1.82) is 0 Å². The molecule has 0 spiro atoms. The first-order valence-electron chi connectivity index (χ1n) is 8.83. The van der Waals surface area contributed by atoms with Crippen LogP contribution in [0.2, 0.25) is 0 Å². The van der Waals surface area contributed by atoms with Gasteiger partial charge in [0.05, 0.1) is 17.4 Å². The van der Waals surface area contributed by atoms with Crippen LogP contribution in [0.5, 0.6) is 0 Å². The zero-order valence-corrected chi connectivity index (χ0v) is 17.3. The van der Waals surface area contributed by atoms with Crippen molar-refractivity contribution in [3.63, 3.8) is 0 Å². The van der Waals surface area contributed by atoms with Crippen LogP contribution in [0.4, 0.5) is 0 Å². The molecule has 1 aliphatic heterocycles. The summed E-state index contributed by atoms with van der Waals surface area (Å²) in [7, 11) is 1.56. The number of hydrogen-bond donors (Lipinski definition) is 1. The maximum atomic E-state index is 12.9. The molecule has 1 aromatic heterocycles. The summed E-state index contributed by atoms with van der Waals surface area (Å²) in [6.07, 6.45) is 0.0412. The second-order valence-corrected chi connectivity index (χ2v) is 7.58. The van der Waals surface area contributed by atoms with Gasteiger partial charge in [0.25, 0.3) is 5.91 Å². The van der Waals surface area contributed by atoms with E-state index in [0.29, 0.717) is 32.7 Å². The van der Waals surface area contributed by atoms with Crippen molar-refractivity contribution in [2.24, 2.45) is 5.73 Å². The minimum absolute atomic E-state index is 0. The van der Waals surface area contributed by atoms with Crippen LogP contribution in [0.1, 0.15) is 21.7 Å². The molecule has 0 saturated carbocycles. The maximum Gasteiger partial charge on any atom is 0.264 e. The number of halogens is 1. The van der Waals surface area contributed by atoms with Gasteiger partial charge in [0.1, 0.15) is 0 Å². The number of amides is 2. The van der Waals surface area contributed by atoms with Gasteiger partial charge in [0, 0.05) is 44.5 Å². The monoisotopic (exact) mass is 411 g/mol. The molecular formula is C19H26ClN3O3S. The van der Waals surface area contributed by atoms with Gasteiger partial charge in [-0.25, -0.2) is 0 Å². The molecule has 2 aromatic rings. The minimum atomic E-state index is -0.247. The van der Waals surface area contributed by atoms with Crippen molar-refractivity contribution in [2.75, 3.05) is 39.8 Å². The summed E-state index contributed by atoms with van der Waals surface area (Å²) in [6.45, 7) is 4.54. The predicted molar refractivity (Wildman–Crippen MR) is 111 cm³/mol. The number of benzene rings is 1. The standard InChI is InChI=1S/C19H25N3O3S.ClH/c1-13-15-5-3-4-6-16(15)26-18(13)19(24)22-9-7-21(8-10-22)17(23)11-14(12-20)25-2;/h3-6,14H,7-12,20H2,1-2H3;1H. The van der Waals surface area contributed by atoms with Crippen LogP contribution in [0.3, 0.4) is 0 Å². The fourth-order valence-corrected chi connectivity index (χ4v) is 4.44. The molecule has 6 nitrogen and oxygen atoms in total. The quantitative estimate of drug-likeness (QED) is 0.818. The Morgan fingerprint density at radius 2 is 1.81 bits per heavy atom. The van der Waals surface area contributed by atoms with Crippen LogP contribution < -0.4 is 5.73 Å². The van der Waals surface area contributed by atoms with Crippen LogP contribution >= 0.6 is 23.7 Å². The molecule has 1 atom stereocenters. The van der Waals surface area contributed by atoms with Crippen molar-refractivity contribution in [2.45, 2.75) is 19.4 Å². The summed E-state index contributed by atoms with van der Waals surface area (Å²) in [6, 6.07) is 8.09. The first-order valence-corrected chi connectivity index (χ1v) is 9.64. The van der Waals surface area contributed by atoms with E-state index in [-0.39, 0.29) is 36.7 Å². The number of nitrogens with two attached hydrogens (primary N) is 1. The van der Waals surface area contributed by atoms with Gasteiger partial charge in [0.15, 0.2) is 0 Å². The van der Waals surface area contributed by atoms with Crippen molar-refractivity contribution in [3.05, 3.63) is 34.7 Å². The van der Waals surface area contributed by atoms with Gasteiger partial charge in [-0.15, -0.1) is 23.7 Å². The SMILES string of the molecule is COC(CN)CC(=O)N1CCN(C(=O)c2sc3ccccc3c2C)CC1.Cl. The molecule has 1 saturated heterocycles. The van der Waals surface area contributed by atoms with Crippen molar-refractivity contribution in [3.8, 4) is 0 Å². The van der Waals surface area contributed by atoms with Gasteiger partial charge in [-0.3, -0.25) is 9.59 Å². The highest BCUT2D eigenvalue weighted by Gasteiger charge is 2.27. The van der Waals surface area contributed by atoms with E-state index >= 15 is 0 Å². The predicted octanol–water partition coefficient (Wildman–Crippen LogP) is 2.28. The molecule has 0 radical (unpaired) electrons. The second kappa shape index (κ2) is 9.50. The summed E-state index contributed by atoms with van der Waals surface area (Å²) in [5.41, 5.74) is 6.63. The fraction of sp³-hybridized carbons (Fsp3) is 0.474. The van der Waals surface area contributed by atoms with Gasteiger partial charge in [-0.2, -0.15) is 0 Å². The summed E-state index contributed by atoms with van der Waals surface area (Å²) in [5, 5.41) is 1.14. The highest BCUT2D eigenvalue weighted by Crippen LogP contribution is 2.31. The Balaban J connectivity index is 0.00000261. The maximum absolute atomic E-state index is 12.9. The lowest BCUT2D eigenvalue weighted by atomic mass is 10.1. The van der Waals surface area contributed by atoms with Crippen molar-refractivity contribution >= 4 is 45.6 Å². The van der Waals surface area contributed by atoms with Gasteiger partial charge < -0.3 is 20.3 Å². The summed E-state index contributed by atoms with van der Waals surface area (Å²) >= 11 is 1.54. The number of fused-ring (bicyclic) bond motifs is 1. The van der Waals surface area contributed by atoms with Gasteiger partial charge >= 0.3 is 0 Å². The molecule has 1 aliphatic rings. The van der Waals surface area contributed by atoms with E-state index in [4.69, 9.17) is 10.5 Å². The second-order valence-electron chi connectivity index (χ2n) is 6.52. The Morgan fingerprint density at radius 3 is 2.41 bits per heavy atom. The molecule has 1 fully saturated rings. The normalized spacial score (nSPS) is 15.5. The molecule has 1 unspecified atom stereocenters. The Labute approximate surface area is 169 Å². The minimum Gasteiger partial charge on any atom is -0.380 e. The fourth-order valence-electron chi connectivity index (χ4n) is 3.27. The summed E-state index contributed by atoms with van der Waals surface area (Å²) < 4.78 is 6.32. The van der Waals surface area contributed by atoms with E-state index in [1.807, 2.05) is 30.0 Å². The Kier molecular flexibility index (Phi) is 7.61. The molecule has 3 rings (SSSR count). The molecule has 0 bridgehead atoms. The highest BCUT2D eigenvalue weighted by molar-refractivity contribution is 7.21. The first-order chi connectivity index (χ1) is 12.5. The number of piperazine rings is 1. The number of aryl methyl sites for hydroxylation is 1. The van der Waals surface area contributed by atoms with Crippen LogP contribution in [-0.4, -0.2) is 67.6 Å². The Hall–Kier alpha value is -1.67. The van der Waals surface area contributed by atoms with E-state index < -0.39 is 0 Å². The smallest absolute Gasteiger partial charge is 0.264 e. The number of carbonyl (C=O) groups excluding carboxylic acids is 2. The molecule has 148 valence electrons. The number of carbonyl (C=O) groups is 2. The van der Waals surface area contributed by atoms with Crippen molar-refractivity contribution < 1.29 is 14.3 Å². The van der Waals surface area contributed by atoms with E-state index in [2.05, 4.69) is 6.07 Å². The number of thiophene rings is 1. The van der Waals surface area contributed by atoms with E-state index in [1.54, 1.807) is 23.3 Å². The summed E-state index contributed by atoms with van der Waals surface area (Å²) in [4.78, 5) is 29.7. The van der Waals surface area contributed by atoms with Gasteiger partial charge in [-0.05, 0) is 23.9 Å². The van der Waals surface area contributed by atoms with Crippen LogP contribution in [-0.2, 0) is 9.53 Å². The van der Waals surface area contributed by atoms with Crippen molar-refractivity contribution in [1.82, 2.24) is 9.80 Å². The molecule has 2 amide bonds. The number of hydrogen-bond acceptors (Lipinski definition) is 5.